The van der Waals surface area contributed by atoms with Gasteiger partial charge in [-0.05, 0) is 44.3 Å². The van der Waals surface area contributed by atoms with Crippen LogP contribution in [-0.2, 0) is 9.53 Å². The molecule has 0 radical (unpaired) electrons. The number of nitrogens with one attached hydrogen (secondary N) is 3. The van der Waals surface area contributed by atoms with Crippen LogP contribution in [0.5, 0.6) is 0 Å². The molecule has 2 heterocycles. The molecule has 1 atom stereocenters. The molecule has 0 spiro atoms. The van der Waals surface area contributed by atoms with Crippen LogP contribution < -0.4 is 16.0 Å². The number of hydrogen-bond acceptors (Lipinski definition) is 5. The highest BCUT2D eigenvalue weighted by Crippen LogP contribution is 2.27. The Kier molecular flexibility index (Phi) is 9.44. The number of aliphatic imine (C=N–C) groups is 1. The summed E-state index contributed by atoms with van der Waals surface area (Å²) >= 11 is 1.79. The van der Waals surface area contributed by atoms with E-state index in [9.17, 15) is 4.79 Å². The Morgan fingerprint density at radius 1 is 1.35 bits per heavy atom. The first kappa shape index (κ1) is 20.7. The molecule has 1 aromatic heterocycles. The van der Waals surface area contributed by atoms with E-state index in [0.29, 0.717) is 25.2 Å². The molecule has 0 bridgehead atoms. The van der Waals surface area contributed by atoms with E-state index in [0.717, 1.165) is 26.2 Å². The number of thiophene rings is 1. The molecule has 0 aromatic carbocycles. The molecule has 1 saturated heterocycles. The normalized spacial score (nSPS) is 16.5. The summed E-state index contributed by atoms with van der Waals surface area (Å²) < 4.78 is 4.93. The average Bonchev–Trinajstić information content (AvgIpc) is 3.34. The van der Waals surface area contributed by atoms with Gasteiger partial charge < -0.3 is 20.7 Å². The molecule has 146 valence electrons. The number of ether oxygens (including phenoxy) is 1. The fraction of sp³-hybridized carbons (Fsp3) is 0.667. The zero-order valence-corrected chi connectivity index (χ0v) is 16.6. The van der Waals surface area contributed by atoms with Crippen molar-refractivity contribution in [3.8, 4) is 0 Å². The van der Waals surface area contributed by atoms with Crippen molar-refractivity contribution in [2.24, 2.45) is 4.99 Å². The molecule has 1 fully saturated rings. The van der Waals surface area contributed by atoms with Crippen LogP contribution in [0.25, 0.3) is 0 Å². The summed E-state index contributed by atoms with van der Waals surface area (Å²) in [4.78, 5) is 20.1. The number of guanidine groups is 1. The highest BCUT2D eigenvalue weighted by Gasteiger charge is 2.24. The molecule has 0 aliphatic carbocycles. The first-order chi connectivity index (χ1) is 12.7. The molecule has 26 heavy (non-hydrogen) atoms. The number of hydrogen-bond donors (Lipinski definition) is 3. The summed E-state index contributed by atoms with van der Waals surface area (Å²) in [5.41, 5.74) is 0. The van der Waals surface area contributed by atoms with E-state index in [1.165, 1.54) is 17.7 Å². The molecule has 0 saturated carbocycles. The van der Waals surface area contributed by atoms with Gasteiger partial charge in [-0.25, -0.2) is 4.99 Å². The van der Waals surface area contributed by atoms with Crippen molar-refractivity contribution >= 4 is 23.2 Å². The third kappa shape index (κ3) is 6.93. The fourth-order valence-electron chi connectivity index (χ4n) is 2.98. The van der Waals surface area contributed by atoms with E-state index in [1.807, 2.05) is 6.92 Å². The summed E-state index contributed by atoms with van der Waals surface area (Å²) in [6, 6.07) is 4.65. The Balaban J connectivity index is 1.90. The summed E-state index contributed by atoms with van der Waals surface area (Å²) in [7, 11) is 1.61. The number of methoxy groups -OCH3 is 1. The van der Waals surface area contributed by atoms with Crippen LogP contribution >= 0.6 is 11.3 Å². The van der Waals surface area contributed by atoms with Crippen LogP contribution in [0.15, 0.2) is 22.5 Å². The topological polar surface area (TPSA) is 78.0 Å². The number of carbonyl (C=O) groups excluding carboxylic acids is 1. The SMILES string of the molecule is CCNC(=NCC(=O)NCCOC)NCC(c1cccs1)N1CCCC1. The zero-order valence-electron chi connectivity index (χ0n) is 15.8. The lowest BCUT2D eigenvalue weighted by Gasteiger charge is -2.27. The molecule has 1 aromatic rings. The number of rotatable bonds is 10. The number of nitrogens with zero attached hydrogens (tertiary/aromatic N) is 2. The second-order valence-corrected chi connectivity index (χ2v) is 7.17. The van der Waals surface area contributed by atoms with Gasteiger partial charge in [-0.3, -0.25) is 9.69 Å². The van der Waals surface area contributed by atoms with Gasteiger partial charge in [0.25, 0.3) is 0 Å². The fourth-order valence-corrected chi connectivity index (χ4v) is 3.84. The Morgan fingerprint density at radius 2 is 2.15 bits per heavy atom. The zero-order chi connectivity index (χ0) is 18.6. The van der Waals surface area contributed by atoms with Gasteiger partial charge in [0, 0.05) is 31.6 Å². The van der Waals surface area contributed by atoms with Crippen molar-refractivity contribution in [3.05, 3.63) is 22.4 Å². The molecule has 8 heteroatoms. The van der Waals surface area contributed by atoms with Crippen LogP contribution in [0.3, 0.4) is 0 Å². The van der Waals surface area contributed by atoms with Crippen molar-refractivity contribution in [1.29, 1.82) is 0 Å². The van der Waals surface area contributed by atoms with Crippen LogP contribution in [0, 0.1) is 0 Å². The van der Waals surface area contributed by atoms with Gasteiger partial charge in [-0.2, -0.15) is 0 Å². The van der Waals surface area contributed by atoms with Crippen LogP contribution in [0.4, 0.5) is 0 Å². The standard InChI is InChI=1S/C18H31N5O2S/c1-3-19-18(22-14-17(24)20-8-11-25-2)21-13-15(16-7-6-12-26-16)23-9-4-5-10-23/h6-7,12,15H,3-5,8-11,13-14H2,1-2H3,(H,20,24)(H2,19,21,22). The summed E-state index contributed by atoms with van der Waals surface area (Å²) in [6.45, 7) is 6.94. The molecule has 3 N–H and O–H groups in total. The number of amides is 1. The lowest BCUT2D eigenvalue weighted by atomic mass is 10.2. The summed E-state index contributed by atoms with van der Waals surface area (Å²) in [5, 5.41) is 11.5. The minimum atomic E-state index is -0.103. The molecule has 1 aliphatic heterocycles. The second kappa shape index (κ2) is 11.9. The third-order valence-electron chi connectivity index (χ3n) is 4.27. The Morgan fingerprint density at radius 3 is 2.81 bits per heavy atom. The smallest absolute Gasteiger partial charge is 0.241 e. The highest BCUT2D eigenvalue weighted by molar-refractivity contribution is 7.10. The minimum absolute atomic E-state index is 0.103. The Bertz CT molecular complexity index is 544. The van der Waals surface area contributed by atoms with E-state index in [2.05, 4.69) is 43.4 Å². The van der Waals surface area contributed by atoms with E-state index in [4.69, 9.17) is 4.74 Å². The predicted molar refractivity (Wildman–Crippen MR) is 107 cm³/mol. The van der Waals surface area contributed by atoms with E-state index in [-0.39, 0.29) is 12.5 Å². The van der Waals surface area contributed by atoms with Crippen molar-refractivity contribution in [2.45, 2.75) is 25.8 Å². The van der Waals surface area contributed by atoms with Gasteiger partial charge in [0.2, 0.25) is 5.91 Å². The molecule has 1 unspecified atom stereocenters. The van der Waals surface area contributed by atoms with Crippen molar-refractivity contribution in [3.63, 3.8) is 0 Å². The summed E-state index contributed by atoms with van der Waals surface area (Å²) in [5.74, 6) is 0.573. The van der Waals surface area contributed by atoms with Crippen molar-refractivity contribution in [1.82, 2.24) is 20.9 Å². The molecule has 2 rings (SSSR count). The second-order valence-electron chi connectivity index (χ2n) is 6.19. The first-order valence-corrected chi connectivity index (χ1v) is 10.2. The van der Waals surface area contributed by atoms with Crippen molar-refractivity contribution in [2.75, 3.05) is 53.0 Å². The van der Waals surface area contributed by atoms with Crippen LogP contribution in [-0.4, -0.2) is 69.8 Å². The van der Waals surface area contributed by atoms with Crippen LogP contribution in [0.2, 0.25) is 0 Å². The first-order valence-electron chi connectivity index (χ1n) is 9.29. The largest absolute Gasteiger partial charge is 0.383 e. The lowest BCUT2D eigenvalue weighted by molar-refractivity contribution is -0.119. The Hall–Kier alpha value is -1.64. The van der Waals surface area contributed by atoms with Crippen molar-refractivity contribution < 1.29 is 9.53 Å². The number of carbonyl (C=O) groups is 1. The van der Waals surface area contributed by atoms with Gasteiger partial charge in [-0.15, -0.1) is 11.3 Å². The van der Waals surface area contributed by atoms with Gasteiger partial charge in [0.15, 0.2) is 5.96 Å². The Labute approximate surface area is 160 Å². The molecule has 1 amide bonds. The van der Waals surface area contributed by atoms with E-state index in [1.54, 1.807) is 18.4 Å². The minimum Gasteiger partial charge on any atom is -0.383 e. The molecular weight excluding hydrogens is 350 g/mol. The van der Waals surface area contributed by atoms with Gasteiger partial charge in [-0.1, -0.05) is 6.07 Å². The monoisotopic (exact) mass is 381 g/mol. The highest BCUT2D eigenvalue weighted by atomic mass is 32.1. The molecular formula is C18H31N5O2S. The lowest BCUT2D eigenvalue weighted by Crippen LogP contribution is -2.43. The maximum atomic E-state index is 11.8. The van der Waals surface area contributed by atoms with Crippen LogP contribution in [0.1, 0.15) is 30.7 Å². The average molecular weight is 382 g/mol. The van der Waals surface area contributed by atoms with Gasteiger partial charge >= 0.3 is 0 Å². The van der Waals surface area contributed by atoms with Gasteiger partial charge in [0.1, 0.15) is 6.54 Å². The van der Waals surface area contributed by atoms with E-state index < -0.39 is 0 Å². The maximum Gasteiger partial charge on any atom is 0.241 e. The van der Waals surface area contributed by atoms with Gasteiger partial charge in [0.05, 0.1) is 12.6 Å². The van der Waals surface area contributed by atoms with E-state index >= 15 is 0 Å². The number of likely N-dealkylation sites (tertiary alicyclic amines) is 1. The predicted octanol–water partition coefficient (Wildman–Crippen LogP) is 1.20. The maximum absolute atomic E-state index is 11.8. The quantitative estimate of drug-likeness (QED) is 0.323. The molecule has 7 nitrogen and oxygen atoms in total. The summed E-state index contributed by atoms with van der Waals surface area (Å²) in [6.07, 6.45) is 2.52. The molecule has 1 aliphatic rings. The third-order valence-corrected chi connectivity index (χ3v) is 5.24.